The first kappa shape index (κ1) is 12.6. The lowest BCUT2D eigenvalue weighted by Crippen LogP contribution is -2.58. The van der Waals surface area contributed by atoms with Crippen molar-refractivity contribution in [1.29, 1.82) is 0 Å². The van der Waals surface area contributed by atoms with Gasteiger partial charge in [0.25, 0.3) is 5.91 Å². The summed E-state index contributed by atoms with van der Waals surface area (Å²) >= 11 is 1.60. The molecule has 0 spiro atoms. The van der Waals surface area contributed by atoms with Crippen LogP contribution in [-0.4, -0.2) is 36.5 Å². The van der Waals surface area contributed by atoms with Crippen molar-refractivity contribution in [3.63, 3.8) is 0 Å². The summed E-state index contributed by atoms with van der Waals surface area (Å²) in [6, 6.07) is 10.6. The minimum Gasteiger partial charge on any atom is -0.332 e. The predicted molar refractivity (Wildman–Crippen MR) is 79.8 cm³/mol. The number of rotatable bonds is 4. The zero-order chi connectivity index (χ0) is 13.2. The van der Waals surface area contributed by atoms with E-state index in [0.29, 0.717) is 6.04 Å². The molecule has 19 heavy (non-hydrogen) atoms. The van der Waals surface area contributed by atoms with Crippen LogP contribution in [0, 0.1) is 0 Å². The van der Waals surface area contributed by atoms with Crippen LogP contribution in [0.1, 0.15) is 23.0 Å². The number of thiophene rings is 1. The fraction of sp³-hybridized carbons (Fsp3) is 0.400. The van der Waals surface area contributed by atoms with Crippen LogP contribution in [0.15, 0.2) is 30.3 Å². The van der Waals surface area contributed by atoms with Crippen molar-refractivity contribution in [3.05, 3.63) is 35.2 Å². The molecule has 4 heteroatoms. The lowest BCUT2D eigenvalue weighted by molar-refractivity contribution is 0.0621. The zero-order valence-electron chi connectivity index (χ0n) is 11.1. The molecule has 2 heterocycles. The normalized spacial score (nSPS) is 15.4. The molecule has 1 fully saturated rings. The van der Waals surface area contributed by atoms with Gasteiger partial charge in [0.1, 0.15) is 0 Å². The number of carbonyl (C=O) groups excluding carboxylic acids is 1. The van der Waals surface area contributed by atoms with Crippen LogP contribution in [0.2, 0.25) is 0 Å². The molecule has 0 unspecified atom stereocenters. The van der Waals surface area contributed by atoms with Crippen LogP contribution in [-0.2, 0) is 0 Å². The van der Waals surface area contributed by atoms with Crippen molar-refractivity contribution < 1.29 is 4.79 Å². The van der Waals surface area contributed by atoms with Gasteiger partial charge in [0.2, 0.25) is 0 Å². The second kappa shape index (κ2) is 5.31. The molecule has 100 valence electrons. The van der Waals surface area contributed by atoms with Gasteiger partial charge in [-0.15, -0.1) is 11.3 Å². The van der Waals surface area contributed by atoms with Gasteiger partial charge in [-0.3, -0.25) is 4.79 Å². The average molecular weight is 274 g/mol. The minimum absolute atomic E-state index is 0.189. The standard InChI is InChI=1S/C15H18N2OS/c1-2-7-17(12-9-16-10-12)15(18)14-8-11-5-3-4-6-13(11)19-14/h3-6,8,12,16H,2,7,9-10H2,1H3. The molecule has 0 atom stereocenters. The minimum atomic E-state index is 0.189. The Labute approximate surface area is 117 Å². The van der Waals surface area contributed by atoms with Gasteiger partial charge in [0.05, 0.1) is 10.9 Å². The Morgan fingerprint density at radius 3 is 2.84 bits per heavy atom. The van der Waals surface area contributed by atoms with Crippen molar-refractivity contribution in [2.75, 3.05) is 19.6 Å². The monoisotopic (exact) mass is 274 g/mol. The lowest BCUT2D eigenvalue weighted by atomic mass is 10.1. The Kier molecular flexibility index (Phi) is 3.53. The molecule has 1 aliphatic heterocycles. The number of amides is 1. The van der Waals surface area contributed by atoms with Crippen LogP contribution < -0.4 is 5.32 Å². The molecule has 2 aromatic rings. The van der Waals surface area contributed by atoms with Gasteiger partial charge >= 0.3 is 0 Å². The summed E-state index contributed by atoms with van der Waals surface area (Å²) in [4.78, 5) is 15.5. The largest absolute Gasteiger partial charge is 0.332 e. The molecule has 1 saturated heterocycles. The molecule has 3 nitrogen and oxygen atoms in total. The number of nitrogens with one attached hydrogen (secondary N) is 1. The smallest absolute Gasteiger partial charge is 0.264 e. The van der Waals surface area contributed by atoms with E-state index in [9.17, 15) is 4.79 Å². The Morgan fingerprint density at radius 2 is 2.21 bits per heavy atom. The quantitative estimate of drug-likeness (QED) is 0.929. The molecule has 1 aromatic heterocycles. The fourth-order valence-corrected chi connectivity index (χ4v) is 3.43. The average Bonchev–Trinajstić information content (AvgIpc) is 2.79. The summed E-state index contributed by atoms with van der Waals surface area (Å²) in [6.45, 7) is 4.82. The number of carbonyl (C=O) groups is 1. The summed E-state index contributed by atoms with van der Waals surface area (Å²) in [5.74, 6) is 0.189. The molecule has 1 amide bonds. The summed E-state index contributed by atoms with van der Waals surface area (Å²) in [7, 11) is 0. The van der Waals surface area contributed by atoms with Crippen LogP contribution in [0.4, 0.5) is 0 Å². The third-order valence-corrected chi connectivity index (χ3v) is 4.67. The van der Waals surface area contributed by atoms with Gasteiger partial charge in [-0.1, -0.05) is 25.1 Å². The van der Waals surface area contributed by atoms with E-state index in [1.54, 1.807) is 11.3 Å². The maximum Gasteiger partial charge on any atom is 0.264 e. The molecule has 0 saturated carbocycles. The molecular formula is C15H18N2OS. The molecule has 1 aliphatic rings. The maximum absolute atomic E-state index is 12.6. The van der Waals surface area contributed by atoms with Gasteiger partial charge in [0.15, 0.2) is 0 Å². The number of benzene rings is 1. The first-order valence-electron chi connectivity index (χ1n) is 6.80. The molecule has 1 aromatic carbocycles. The first-order chi connectivity index (χ1) is 9.29. The third-order valence-electron chi connectivity index (χ3n) is 3.56. The highest BCUT2D eigenvalue weighted by molar-refractivity contribution is 7.20. The molecule has 0 radical (unpaired) electrons. The maximum atomic E-state index is 12.6. The van der Waals surface area contributed by atoms with E-state index in [2.05, 4.69) is 24.4 Å². The molecule has 0 bridgehead atoms. The summed E-state index contributed by atoms with van der Waals surface area (Å²) < 4.78 is 1.19. The summed E-state index contributed by atoms with van der Waals surface area (Å²) in [6.07, 6.45) is 1.01. The van der Waals surface area contributed by atoms with Gasteiger partial charge < -0.3 is 10.2 Å². The number of hydrogen-bond donors (Lipinski definition) is 1. The number of hydrogen-bond acceptors (Lipinski definition) is 3. The summed E-state index contributed by atoms with van der Waals surface area (Å²) in [5.41, 5.74) is 0. The lowest BCUT2D eigenvalue weighted by Gasteiger charge is -2.38. The van der Waals surface area contributed by atoms with Crippen molar-refractivity contribution >= 4 is 27.3 Å². The van der Waals surface area contributed by atoms with E-state index in [-0.39, 0.29) is 5.91 Å². The van der Waals surface area contributed by atoms with Crippen molar-refractivity contribution in [1.82, 2.24) is 10.2 Å². The van der Waals surface area contributed by atoms with Crippen molar-refractivity contribution in [2.24, 2.45) is 0 Å². The first-order valence-corrected chi connectivity index (χ1v) is 7.61. The van der Waals surface area contributed by atoms with E-state index in [0.717, 1.165) is 30.9 Å². The predicted octanol–water partition coefficient (Wildman–Crippen LogP) is 2.73. The van der Waals surface area contributed by atoms with E-state index in [1.165, 1.54) is 10.1 Å². The molecule has 1 N–H and O–H groups in total. The molecule has 3 rings (SSSR count). The Balaban J connectivity index is 1.87. The Bertz CT molecular complexity index is 556. The van der Waals surface area contributed by atoms with Crippen LogP contribution >= 0.6 is 11.3 Å². The van der Waals surface area contributed by atoms with E-state index >= 15 is 0 Å². The zero-order valence-corrected chi connectivity index (χ0v) is 11.9. The van der Waals surface area contributed by atoms with E-state index in [4.69, 9.17) is 0 Å². The summed E-state index contributed by atoms with van der Waals surface area (Å²) in [5, 5.41) is 4.41. The van der Waals surface area contributed by atoms with Crippen LogP contribution in [0.3, 0.4) is 0 Å². The Hall–Kier alpha value is -1.39. The SMILES string of the molecule is CCCN(C(=O)c1cc2ccccc2s1)C1CNC1. The van der Waals surface area contributed by atoms with E-state index in [1.807, 2.05) is 23.1 Å². The van der Waals surface area contributed by atoms with Crippen molar-refractivity contribution in [3.8, 4) is 0 Å². The van der Waals surface area contributed by atoms with Gasteiger partial charge in [0, 0.05) is 24.3 Å². The fourth-order valence-electron chi connectivity index (χ4n) is 2.41. The topological polar surface area (TPSA) is 32.3 Å². The molecular weight excluding hydrogens is 256 g/mol. The van der Waals surface area contributed by atoms with Crippen LogP contribution in [0.25, 0.3) is 10.1 Å². The highest BCUT2D eigenvalue weighted by Gasteiger charge is 2.29. The van der Waals surface area contributed by atoms with Crippen LogP contribution in [0.5, 0.6) is 0 Å². The third kappa shape index (κ3) is 2.38. The van der Waals surface area contributed by atoms with E-state index < -0.39 is 0 Å². The van der Waals surface area contributed by atoms with Gasteiger partial charge in [-0.05, 0) is 23.9 Å². The van der Waals surface area contributed by atoms with Gasteiger partial charge in [-0.2, -0.15) is 0 Å². The second-order valence-electron chi connectivity index (χ2n) is 4.96. The van der Waals surface area contributed by atoms with Crippen molar-refractivity contribution in [2.45, 2.75) is 19.4 Å². The Morgan fingerprint density at radius 1 is 1.42 bits per heavy atom. The molecule has 0 aliphatic carbocycles. The highest BCUT2D eigenvalue weighted by Crippen LogP contribution is 2.27. The number of fused-ring (bicyclic) bond motifs is 1. The number of nitrogens with zero attached hydrogens (tertiary/aromatic N) is 1. The van der Waals surface area contributed by atoms with Gasteiger partial charge in [-0.25, -0.2) is 0 Å². The highest BCUT2D eigenvalue weighted by atomic mass is 32.1. The second-order valence-corrected chi connectivity index (χ2v) is 6.04.